The quantitative estimate of drug-likeness (QED) is 0.503. The Morgan fingerprint density at radius 2 is 2.19 bits per heavy atom. The highest BCUT2D eigenvalue weighted by atomic mass is 19.1. The third kappa shape index (κ3) is 3.48. The number of hydrogen-bond donors (Lipinski definition) is 2. The number of amides is 1. The van der Waals surface area contributed by atoms with E-state index >= 15 is 0 Å². The van der Waals surface area contributed by atoms with Crippen LogP contribution in [0, 0.1) is 5.82 Å². The number of furan rings is 1. The fourth-order valence-electron chi connectivity index (χ4n) is 2.10. The van der Waals surface area contributed by atoms with Crippen molar-refractivity contribution in [1.82, 2.24) is 10.3 Å². The average molecular weight is 291 g/mol. The van der Waals surface area contributed by atoms with E-state index in [1.165, 1.54) is 12.3 Å². The summed E-state index contributed by atoms with van der Waals surface area (Å²) in [6.45, 7) is 2.36. The Bertz CT molecular complexity index is 627. The zero-order valence-corrected chi connectivity index (χ0v) is 12.0. The fraction of sp³-hybridized carbons (Fsp3) is 0.267. The summed E-state index contributed by atoms with van der Waals surface area (Å²) in [4.78, 5) is 13.3. The Kier molecular flexibility index (Phi) is 4.72. The Morgan fingerprint density at radius 3 is 2.86 bits per heavy atom. The second-order valence-corrected chi connectivity index (χ2v) is 4.89. The van der Waals surface area contributed by atoms with E-state index in [0.29, 0.717) is 23.4 Å². The number of nitrogens with two attached hydrogens (primary N) is 1. The Hall–Kier alpha value is -2.18. The van der Waals surface area contributed by atoms with Gasteiger partial charge in [-0.05, 0) is 26.1 Å². The molecular formula is C15H18FN3O2. The zero-order chi connectivity index (χ0) is 15.4. The summed E-state index contributed by atoms with van der Waals surface area (Å²) in [6, 6.07) is 8.16. The molecule has 5 nitrogen and oxygen atoms in total. The number of carbonyl (C=O) groups is 1. The summed E-state index contributed by atoms with van der Waals surface area (Å²) >= 11 is 0. The molecule has 112 valence electrons. The van der Waals surface area contributed by atoms with Gasteiger partial charge in [-0.2, -0.15) is 0 Å². The number of nitrogen functional groups attached to an aromatic ring is 1. The molecule has 0 saturated heterocycles. The number of halogens is 1. The molecule has 3 N–H and O–H groups in total. The first kappa shape index (κ1) is 15.2. The Labute approximate surface area is 122 Å². The van der Waals surface area contributed by atoms with E-state index in [1.807, 2.05) is 24.3 Å². The van der Waals surface area contributed by atoms with Crippen molar-refractivity contribution in [2.45, 2.75) is 19.5 Å². The molecule has 0 spiro atoms. The lowest BCUT2D eigenvalue weighted by Crippen LogP contribution is -2.29. The number of benzene rings is 1. The van der Waals surface area contributed by atoms with Crippen LogP contribution in [-0.2, 0) is 6.54 Å². The highest BCUT2D eigenvalue weighted by molar-refractivity contribution is 5.93. The van der Waals surface area contributed by atoms with E-state index < -0.39 is 5.91 Å². The monoisotopic (exact) mass is 291 g/mol. The molecule has 1 atom stereocenters. The lowest BCUT2D eigenvalue weighted by Gasteiger charge is -2.24. The summed E-state index contributed by atoms with van der Waals surface area (Å²) in [5, 5.41) is 0. The molecule has 0 aliphatic heterocycles. The third-order valence-electron chi connectivity index (χ3n) is 3.47. The molecule has 0 saturated carbocycles. The molecule has 1 heterocycles. The fourth-order valence-corrected chi connectivity index (χ4v) is 2.10. The molecule has 1 amide bonds. The molecule has 0 bridgehead atoms. The highest BCUT2D eigenvalue weighted by Gasteiger charge is 2.17. The standard InChI is InChI=1S/C15H18FN3O2/c1-10(13-5-3-4-6-14(13)16)19(2)8-12-7-11(9-21-12)15(20)18-17/h3-7,9-10H,8,17H2,1-2H3,(H,18,20). The second kappa shape index (κ2) is 6.51. The van der Waals surface area contributed by atoms with Gasteiger partial charge < -0.3 is 4.42 Å². The van der Waals surface area contributed by atoms with Gasteiger partial charge in [0.2, 0.25) is 0 Å². The minimum absolute atomic E-state index is 0.122. The van der Waals surface area contributed by atoms with Crippen LogP contribution in [0.3, 0.4) is 0 Å². The molecule has 2 aromatic rings. The summed E-state index contributed by atoms with van der Waals surface area (Å²) < 4.78 is 19.1. The van der Waals surface area contributed by atoms with Crippen LogP contribution in [0.2, 0.25) is 0 Å². The summed E-state index contributed by atoms with van der Waals surface area (Å²) in [5.74, 6) is 5.03. The number of rotatable bonds is 5. The van der Waals surface area contributed by atoms with E-state index in [2.05, 4.69) is 0 Å². The first-order valence-corrected chi connectivity index (χ1v) is 6.56. The molecule has 0 radical (unpaired) electrons. The minimum atomic E-state index is -0.408. The van der Waals surface area contributed by atoms with Crippen LogP contribution >= 0.6 is 0 Å². The Morgan fingerprint density at radius 1 is 1.48 bits per heavy atom. The van der Waals surface area contributed by atoms with Gasteiger partial charge >= 0.3 is 0 Å². The number of nitrogens with one attached hydrogen (secondary N) is 1. The molecule has 21 heavy (non-hydrogen) atoms. The maximum Gasteiger partial charge on any atom is 0.268 e. The van der Waals surface area contributed by atoms with Crippen molar-refractivity contribution in [2.75, 3.05) is 7.05 Å². The number of hydrazine groups is 1. The van der Waals surface area contributed by atoms with Crippen molar-refractivity contribution in [3.8, 4) is 0 Å². The van der Waals surface area contributed by atoms with Gasteiger partial charge in [0.05, 0.1) is 12.1 Å². The van der Waals surface area contributed by atoms with Crippen molar-refractivity contribution >= 4 is 5.91 Å². The smallest absolute Gasteiger partial charge is 0.268 e. The molecule has 0 fully saturated rings. The largest absolute Gasteiger partial charge is 0.467 e. The summed E-state index contributed by atoms with van der Waals surface area (Å²) in [5.41, 5.74) is 3.02. The van der Waals surface area contributed by atoms with Crippen molar-refractivity contribution < 1.29 is 13.6 Å². The average Bonchev–Trinajstić information content (AvgIpc) is 2.94. The van der Waals surface area contributed by atoms with Crippen LogP contribution in [0.1, 0.15) is 34.6 Å². The SMILES string of the molecule is CC(c1ccccc1F)N(C)Cc1cc(C(=O)NN)co1. The van der Waals surface area contributed by atoms with Crippen LogP contribution in [0.25, 0.3) is 0 Å². The zero-order valence-electron chi connectivity index (χ0n) is 12.0. The lowest BCUT2D eigenvalue weighted by molar-refractivity contribution is 0.0953. The van der Waals surface area contributed by atoms with Crippen LogP contribution in [-0.4, -0.2) is 17.9 Å². The van der Waals surface area contributed by atoms with E-state index in [0.717, 1.165) is 0 Å². The van der Waals surface area contributed by atoms with Gasteiger partial charge in [-0.25, -0.2) is 10.2 Å². The topological polar surface area (TPSA) is 71.5 Å². The van der Waals surface area contributed by atoms with Gasteiger partial charge in [-0.15, -0.1) is 0 Å². The molecule has 1 aromatic heterocycles. The van der Waals surface area contributed by atoms with Crippen LogP contribution in [0.5, 0.6) is 0 Å². The van der Waals surface area contributed by atoms with Crippen LogP contribution < -0.4 is 11.3 Å². The van der Waals surface area contributed by atoms with Gasteiger partial charge in [0.1, 0.15) is 17.8 Å². The van der Waals surface area contributed by atoms with Crippen molar-refractivity contribution in [3.05, 3.63) is 59.3 Å². The first-order valence-electron chi connectivity index (χ1n) is 6.56. The molecular weight excluding hydrogens is 273 g/mol. The molecule has 2 rings (SSSR count). The second-order valence-electron chi connectivity index (χ2n) is 4.89. The van der Waals surface area contributed by atoms with Crippen molar-refractivity contribution in [3.63, 3.8) is 0 Å². The molecule has 0 aliphatic rings. The molecule has 1 aromatic carbocycles. The minimum Gasteiger partial charge on any atom is -0.467 e. The van der Waals surface area contributed by atoms with Gasteiger partial charge in [0.15, 0.2) is 0 Å². The molecule has 6 heteroatoms. The Balaban J connectivity index is 2.07. The van der Waals surface area contributed by atoms with E-state index in [-0.39, 0.29) is 11.9 Å². The number of hydrogen-bond acceptors (Lipinski definition) is 4. The van der Waals surface area contributed by atoms with Gasteiger partial charge in [0.25, 0.3) is 5.91 Å². The van der Waals surface area contributed by atoms with Crippen molar-refractivity contribution in [2.24, 2.45) is 5.84 Å². The normalized spacial score (nSPS) is 12.4. The maximum absolute atomic E-state index is 13.8. The molecule has 0 aliphatic carbocycles. The maximum atomic E-state index is 13.8. The van der Waals surface area contributed by atoms with Gasteiger partial charge in [-0.3, -0.25) is 15.1 Å². The third-order valence-corrected chi connectivity index (χ3v) is 3.47. The van der Waals surface area contributed by atoms with E-state index in [1.54, 1.807) is 24.3 Å². The summed E-state index contributed by atoms with van der Waals surface area (Å²) in [7, 11) is 1.86. The van der Waals surface area contributed by atoms with Gasteiger partial charge in [-0.1, -0.05) is 18.2 Å². The predicted octanol–water partition coefficient (Wildman–Crippen LogP) is 2.22. The molecule has 1 unspecified atom stereocenters. The van der Waals surface area contributed by atoms with Gasteiger partial charge in [0, 0.05) is 11.6 Å². The van der Waals surface area contributed by atoms with E-state index in [4.69, 9.17) is 10.3 Å². The highest BCUT2D eigenvalue weighted by Crippen LogP contribution is 2.23. The predicted molar refractivity (Wildman–Crippen MR) is 76.6 cm³/mol. The lowest BCUT2D eigenvalue weighted by atomic mass is 10.1. The van der Waals surface area contributed by atoms with Crippen molar-refractivity contribution in [1.29, 1.82) is 0 Å². The summed E-state index contributed by atoms with van der Waals surface area (Å²) in [6.07, 6.45) is 1.35. The number of nitrogens with zero attached hydrogens (tertiary/aromatic N) is 1. The van der Waals surface area contributed by atoms with E-state index in [9.17, 15) is 9.18 Å². The van der Waals surface area contributed by atoms with Crippen LogP contribution in [0.15, 0.2) is 41.0 Å². The number of carbonyl (C=O) groups excluding carboxylic acids is 1. The van der Waals surface area contributed by atoms with Crippen LogP contribution in [0.4, 0.5) is 4.39 Å². The first-order chi connectivity index (χ1) is 10.0.